The Morgan fingerprint density at radius 1 is 1.00 bits per heavy atom. The first-order valence-corrected chi connectivity index (χ1v) is 9.38. The van der Waals surface area contributed by atoms with E-state index in [4.69, 9.17) is 23.4 Å². The molecule has 30 heavy (non-hydrogen) atoms. The predicted molar refractivity (Wildman–Crippen MR) is 113 cm³/mol. The van der Waals surface area contributed by atoms with E-state index in [1.165, 1.54) is 0 Å². The topological polar surface area (TPSA) is 82.7 Å². The molecular weight excluding hydrogens is 386 g/mol. The summed E-state index contributed by atoms with van der Waals surface area (Å²) >= 11 is 0. The molecule has 0 radical (unpaired) electrons. The molecule has 0 spiro atoms. The van der Waals surface area contributed by atoms with Crippen LogP contribution in [0.1, 0.15) is 30.7 Å². The van der Waals surface area contributed by atoms with Crippen molar-refractivity contribution in [3.63, 3.8) is 0 Å². The fourth-order valence-electron chi connectivity index (χ4n) is 3.56. The molecule has 7 nitrogen and oxygen atoms in total. The first-order chi connectivity index (χ1) is 14.4. The van der Waals surface area contributed by atoms with Crippen LogP contribution >= 0.6 is 0 Å². The van der Waals surface area contributed by atoms with Gasteiger partial charge in [0.25, 0.3) is 0 Å². The lowest BCUT2D eigenvalue weighted by Gasteiger charge is -2.29. The summed E-state index contributed by atoms with van der Waals surface area (Å²) in [5.41, 5.74) is 1.75. The van der Waals surface area contributed by atoms with Crippen LogP contribution in [0.15, 0.2) is 46.0 Å². The minimum atomic E-state index is -0.412. The molecular formula is C23H23NO6. The van der Waals surface area contributed by atoms with Gasteiger partial charge in [-0.05, 0) is 50.3 Å². The van der Waals surface area contributed by atoms with Crippen LogP contribution in [-0.4, -0.2) is 37.8 Å². The van der Waals surface area contributed by atoms with E-state index < -0.39 is 5.60 Å². The van der Waals surface area contributed by atoms with Crippen molar-refractivity contribution in [1.29, 1.82) is 0 Å². The molecule has 0 saturated heterocycles. The van der Waals surface area contributed by atoms with Crippen LogP contribution in [0.3, 0.4) is 0 Å². The highest BCUT2D eigenvalue weighted by Crippen LogP contribution is 2.40. The zero-order chi connectivity index (χ0) is 21.5. The second kappa shape index (κ2) is 7.33. The van der Waals surface area contributed by atoms with Crippen LogP contribution in [0, 0.1) is 0 Å². The SMILES string of the molecule is COc1cc2cc(/C(=N\O)c3ccc4c(c3OC)C=CC(C)(C)O4)oc2cc1OC. The molecule has 2 heterocycles. The molecule has 7 heteroatoms. The molecule has 1 N–H and O–H groups in total. The fraction of sp³-hybridized carbons (Fsp3) is 0.261. The Hall–Kier alpha value is -3.61. The van der Waals surface area contributed by atoms with Crippen LogP contribution < -0.4 is 18.9 Å². The maximum absolute atomic E-state index is 9.84. The Morgan fingerprint density at radius 3 is 2.40 bits per heavy atom. The van der Waals surface area contributed by atoms with Gasteiger partial charge in [-0.3, -0.25) is 0 Å². The first-order valence-electron chi connectivity index (χ1n) is 9.38. The van der Waals surface area contributed by atoms with Crippen LogP contribution in [0.25, 0.3) is 17.0 Å². The summed E-state index contributed by atoms with van der Waals surface area (Å²) in [6.45, 7) is 3.95. The van der Waals surface area contributed by atoms with E-state index in [0.29, 0.717) is 39.9 Å². The molecule has 0 bridgehead atoms. The maximum atomic E-state index is 9.84. The standard InChI is InChI=1S/C23H23NO6/c1-23(2)9-8-14-16(30-23)7-6-15(22(14)28-5)21(24-25)20-11-13-10-18(26-3)19(27-4)12-17(13)29-20/h6-12,25H,1-5H3/b24-21-. The van der Waals surface area contributed by atoms with Gasteiger partial charge in [0.15, 0.2) is 23.0 Å². The van der Waals surface area contributed by atoms with Crippen molar-refractivity contribution in [3.05, 3.63) is 53.3 Å². The van der Waals surface area contributed by atoms with Crippen molar-refractivity contribution < 1.29 is 28.6 Å². The van der Waals surface area contributed by atoms with Crippen LogP contribution in [0.2, 0.25) is 0 Å². The molecule has 0 aliphatic carbocycles. The minimum absolute atomic E-state index is 0.238. The summed E-state index contributed by atoms with van der Waals surface area (Å²) in [5.74, 6) is 2.73. The Bertz CT molecular complexity index is 1130. The predicted octanol–water partition coefficient (Wildman–Crippen LogP) is 4.87. The van der Waals surface area contributed by atoms with Crippen molar-refractivity contribution in [2.45, 2.75) is 19.4 Å². The minimum Gasteiger partial charge on any atom is -0.495 e. The van der Waals surface area contributed by atoms with Crippen LogP contribution in [0.4, 0.5) is 0 Å². The van der Waals surface area contributed by atoms with Gasteiger partial charge in [0.1, 0.15) is 22.7 Å². The molecule has 4 rings (SSSR count). The number of methoxy groups -OCH3 is 3. The number of fused-ring (bicyclic) bond motifs is 2. The normalized spacial score (nSPS) is 14.9. The van der Waals surface area contributed by atoms with Crippen LogP contribution in [0.5, 0.6) is 23.0 Å². The number of rotatable bonds is 5. The number of benzene rings is 2. The molecule has 3 aromatic rings. The molecule has 0 amide bonds. The number of ether oxygens (including phenoxy) is 4. The van der Waals surface area contributed by atoms with Gasteiger partial charge in [0.05, 0.1) is 32.5 Å². The van der Waals surface area contributed by atoms with Gasteiger partial charge in [0, 0.05) is 11.5 Å². The molecule has 2 aromatic carbocycles. The smallest absolute Gasteiger partial charge is 0.164 e. The number of oxime groups is 1. The lowest BCUT2D eigenvalue weighted by atomic mass is 9.97. The maximum Gasteiger partial charge on any atom is 0.164 e. The summed E-state index contributed by atoms with van der Waals surface area (Å²) < 4.78 is 28.3. The molecule has 1 aromatic heterocycles. The van der Waals surface area contributed by atoms with E-state index >= 15 is 0 Å². The van der Waals surface area contributed by atoms with Crippen molar-refractivity contribution in [3.8, 4) is 23.0 Å². The summed E-state index contributed by atoms with van der Waals surface area (Å²) in [7, 11) is 4.69. The van der Waals surface area contributed by atoms with Gasteiger partial charge in [0.2, 0.25) is 0 Å². The molecule has 0 atom stereocenters. The molecule has 156 valence electrons. The summed E-state index contributed by atoms with van der Waals surface area (Å²) in [5, 5.41) is 14.1. The Balaban J connectivity index is 1.84. The van der Waals surface area contributed by atoms with Crippen molar-refractivity contribution in [2.24, 2.45) is 5.16 Å². The first kappa shape index (κ1) is 19.7. The number of furan rings is 1. The summed E-state index contributed by atoms with van der Waals surface area (Å²) in [4.78, 5) is 0. The number of hydrogen-bond acceptors (Lipinski definition) is 7. The van der Waals surface area contributed by atoms with E-state index in [-0.39, 0.29) is 5.71 Å². The van der Waals surface area contributed by atoms with E-state index in [1.54, 1.807) is 45.6 Å². The van der Waals surface area contributed by atoms with Gasteiger partial charge in [-0.25, -0.2) is 0 Å². The van der Waals surface area contributed by atoms with E-state index in [9.17, 15) is 5.21 Å². The van der Waals surface area contributed by atoms with Gasteiger partial charge in [-0.1, -0.05) is 5.16 Å². The second-order valence-corrected chi connectivity index (χ2v) is 7.40. The molecule has 0 fully saturated rings. The largest absolute Gasteiger partial charge is 0.495 e. The summed E-state index contributed by atoms with van der Waals surface area (Å²) in [6, 6.07) is 8.93. The lowest BCUT2D eigenvalue weighted by Crippen LogP contribution is -2.27. The van der Waals surface area contributed by atoms with E-state index in [1.807, 2.05) is 32.1 Å². The highest BCUT2D eigenvalue weighted by atomic mass is 16.5. The van der Waals surface area contributed by atoms with Crippen molar-refractivity contribution >= 4 is 22.8 Å². The number of nitrogens with zero attached hydrogens (tertiary/aromatic N) is 1. The average Bonchev–Trinajstić information content (AvgIpc) is 3.14. The fourth-order valence-corrected chi connectivity index (χ4v) is 3.56. The van der Waals surface area contributed by atoms with E-state index in [2.05, 4.69) is 5.16 Å². The second-order valence-electron chi connectivity index (χ2n) is 7.40. The highest BCUT2D eigenvalue weighted by Gasteiger charge is 2.27. The average molecular weight is 409 g/mol. The van der Waals surface area contributed by atoms with Crippen LogP contribution in [-0.2, 0) is 0 Å². The third-order valence-corrected chi connectivity index (χ3v) is 5.00. The number of hydrogen-bond donors (Lipinski definition) is 1. The Labute approximate surface area is 174 Å². The van der Waals surface area contributed by atoms with Gasteiger partial charge >= 0.3 is 0 Å². The molecule has 0 saturated carbocycles. The summed E-state index contributed by atoms with van der Waals surface area (Å²) in [6.07, 6.45) is 3.90. The monoisotopic (exact) mass is 409 g/mol. The zero-order valence-electron chi connectivity index (χ0n) is 17.5. The molecule has 0 unspecified atom stereocenters. The lowest BCUT2D eigenvalue weighted by molar-refractivity contribution is 0.158. The quantitative estimate of drug-likeness (QED) is 0.368. The molecule has 1 aliphatic rings. The van der Waals surface area contributed by atoms with Gasteiger partial charge in [-0.15, -0.1) is 0 Å². The van der Waals surface area contributed by atoms with Crippen molar-refractivity contribution in [2.75, 3.05) is 21.3 Å². The zero-order valence-corrected chi connectivity index (χ0v) is 17.5. The third kappa shape index (κ3) is 3.22. The van der Waals surface area contributed by atoms with Gasteiger partial charge in [-0.2, -0.15) is 0 Å². The van der Waals surface area contributed by atoms with E-state index in [0.717, 1.165) is 10.9 Å². The van der Waals surface area contributed by atoms with Gasteiger partial charge < -0.3 is 28.6 Å². The third-order valence-electron chi connectivity index (χ3n) is 5.00. The highest BCUT2D eigenvalue weighted by molar-refractivity contribution is 6.14. The Kier molecular flexibility index (Phi) is 4.81. The Morgan fingerprint density at radius 2 is 1.73 bits per heavy atom. The molecule has 1 aliphatic heterocycles. The van der Waals surface area contributed by atoms with Crippen molar-refractivity contribution in [1.82, 2.24) is 0 Å².